The molecule has 2 N–H and O–H groups in total. The standard InChI is InChI=1S/C11H12BrNO4/c1-11(12,9(14)15)13-10(16)17-7-8-5-3-2-4-6-8/h2-6H,7H2,1H3,(H,13,16)(H,14,15)/t11-/m0/s1. The van der Waals surface area contributed by atoms with Crippen LogP contribution in [0.1, 0.15) is 12.5 Å². The van der Waals surface area contributed by atoms with Crippen LogP contribution in [0.2, 0.25) is 0 Å². The topological polar surface area (TPSA) is 75.6 Å². The molecule has 1 amide bonds. The molecule has 1 aromatic rings. The van der Waals surface area contributed by atoms with Crippen LogP contribution in [0.4, 0.5) is 4.79 Å². The van der Waals surface area contributed by atoms with Crippen LogP contribution in [0.25, 0.3) is 0 Å². The molecular formula is C11H12BrNO4. The fourth-order valence-electron chi connectivity index (χ4n) is 1.00. The van der Waals surface area contributed by atoms with Gasteiger partial charge in [0.05, 0.1) is 0 Å². The summed E-state index contributed by atoms with van der Waals surface area (Å²) in [6.07, 6.45) is -0.796. The molecule has 0 unspecified atom stereocenters. The van der Waals surface area contributed by atoms with Gasteiger partial charge in [0.25, 0.3) is 0 Å². The Kier molecular flexibility index (Phi) is 4.51. The maximum Gasteiger partial charge on any atom is 0.409 e. The van der Waals surface area contributed by atoms with Crippen LogP contribution in [0.5, 0.6) is 0 Å². The Morgan fingerprint density at radius 3 is 2.53 bits per heavy atom. The van der Waals surface area contributed by atoms with Crippen molar-refractivity contribution in [2.45, 2.75) is 18.0 Å². The van der Waals surface area contributed by atoms with Gasteiger partial charge in [-0.1, -0.05) is 30.3 Å². The molecule has 5 nitrogen and oxygen atoms in total. The van der Waals surface area contributed by atoms with E-state index in [1.165, 1.54) is 6.92 Å². The number of nitrogens with one attached hydrogen (secondary N) is 1. The van der Waals surface area contributed by atoms with E-state index in [-0.39, 0.29) is 6.61 Å². The molecule has 0 radical (unpaired) electrons. The number of alkyl carbamates (subject to hydrolysis) is 1. The first-order valence-electron chi connectivity index (χ1n) is 4.83. The lowest BCUT2D eigenvalue weighted by Gasteiger charge is -2.18. The van der Waals surface area contributed by atoms with Crippen LogP contribution in [0.3, 0.4) is 0 Å². The van der Waals surface area contributed by atoms with Crippen molar-refractivity contribution in [3.05, 3.63) is 35.9 Å². The maximum atomic E-state index is 11.3. The van der Waals surface area contributed by atoms with Crippen molar-refractivity contribution >= 4 is 28.0 Å². The summed E-state index contributed by atoms with van der Waals surface area (Å²) in [7, 11) is 0. The third-order valence-electron chi connectivity index (χ3n) is 1.95. The minimum atomic E-state index is -1.53. The van der Waals surface area contributed by atoms with E-state index in [1.807, 2.05) is 18.2 Å². The number of ether oxygens (including phenoxy) is 1. The number of halogens is 1. The van der Waals surface area contributed by atoms with Crippen LogP contribution in [0.15, 0.2) is 30.3 Å². The molecule has 0 aromatic heterocycles. The summed E-state index contributed by atoms with van der Waals surface area (Å²) in [6, 6.07) is 9.10. The van der Waals surface area contributed by atoms with Gasteiger partial charge in [0, 0.05) is 0 Å². The van der Waals surface area contributed by atoms with Crippen LogP contribution >= 0.6 is 15.9 Å². The second-order valence-electron chi connectivity index (χ2n) is 3.49. The molecule has 0 aliphatic heterocycles. The Morgan fingerprint density at radius 2 is 2.00 bits per heavy atom. The number of hydrogen-bond acceptors (Lipinski definition) is 3. The summed E-state index contributed by atoms with van der Waals surface area (Å²) in [5, 5.41) is 10.9. The van der Waals surface area contributed by atoms with Gasteiger partial charge >= 0.3 is 12.1 Å². The van der Waals surface area contributed by atoms with Gasteiger partial charge < -0.3 is 9.84 Å². The zero-order chi connectivity index (χ0) is 12.9. The van der Waals surface area contributed by atoms with Gasteiger partial charge in [-0.25, -0.2) is 9.59 Å². The number of aliphatic carboxylic acids is 1. The van der Waals surface area contributed by atoms with Crippen molar-refractivity contribution in [3.63, 3.8) is 0 Å². The largest absolute Gasteiger partial charge is 0.479 e. The number of carbonyl (C=O) groups is 2. The number of hydrogen-bond donors (Lipinski definition) is 2. The molecule has 0 fully saturated rings. The van der Waals surface area contributed by atoms with Crippen molar-refractivity contribution in [2.24, 2.45) is 0 Å². The predicted octanol–water partition coefficient (Wildman–Crippen LogP) is 2.11. The first kappa shape index (κ1) is 13.5. The molecule has 1 aromatic carbocycles. The number of alkyl halides is 1. The molecule has 0 heterocycles. The second kappa shape index (κ2) is 5.67. The predicted molar refractivity (Wildman–Crippen MR) is 64.7 cm³/mol. The number of carboxylic acids is 1. The van der Waals surface area contributed by atoms with Crippen molar-refractivity contribution in [3.8, 4) is 0 Å². The molecule has 0 aliphatic carbocycles. The van der Waals surface area contributed by atoms with Gasteiger partial charge in [0.2, 0.25) is 0 Å². The van der Waals surface area contributed by atoms with Gasteiger partial charge in [-0.2, -0.15) is 0 Å². The fraction of sp³-hybridized carbons (Fsp3) is 0.273. The molecule has 0 saturated heterocycles. The SMILES string of the molecule is C[C@](Br)(NC(=O)OCc1ccccc1)C(=O)O. The smallest absolute Gasteiger partial charge is 0.409 e. The quantitative estimate of drug-likeness (QED) is 0.660. The van der Waals surface area contributed by atoms with Gasteiger partial charge in [-0.15, -0.1) is 0 Å². The lowest BCUT2D eigenvalue weighted by molar-refractivity contribution is -0.139. The third kappa shape index (κ3) is 4.44. The van der Waals surface area contributed by atoms with Crippen molar-refractivity contribution in [1.82, 2.24) is 5.32 Å². The van der Waals surface area contributed by atoms with Gasteiger partial charge in [-0.05, 0) is 28.4 Å². The average Bonchev–Trinajstić information content (AvgIpc) is 2.27. The fourth-order valence-corrected chi connectivity index (χ4v) is 1.17. The molecule has 92 valence electrons. The summed E-state index contributed by atoms with van der Waals surface area (Å²) >= 11 is 2.86. The van der Waals surface area contributed by atoms with E-state index in [0.29, 0.717) is 0 Å². The summed E-state index contributed by atoms with van der Waals surface area (Å²) in [6.45, 7) is 1.40. The van der Waals surface area contributed by atoms with Gasteiger partial charge in [-0.3, -0.25) is 5.32 Å². The number of benzene rings is 1. The van der Waals surface area contributed by atoms with E-state index >= 15 is 0 Å². The van der Waals surface area contributed by atoms with E-state index in [9.17, 15) is 9.59 Å². The van der Waals surface area contributed by atoms with E-state index in [0.717, 1.165) is 5.56 Å². The zero-order valence-corrected chi connectivity index (χ0v) is 10.7. The molecule has 17 heavy (non-hydrogen) atoms. The van der Waals surface area contributed by atoms with Crippen LogP contribution < -0.4 is 5.32 Å². The minimum Gasteiger partial charge on any atom is -0.479 e. The van der Waals surface area contributed by atoms with Crippen molar-refractivity contribution < 1.29 is 19.4 Å². The summed E-state index contributed by atoms with van der Waals surface area (Å²) in [5.74, 6) is -1.20. The van der Waals surface area contributed by atoms with Crippen LogP contribution in [-0.4, -0.2) is 21.6 Å². The molecular weight excluding hydrogens is 290 g/mol. The van der Waals surface area contributed by atoms with E-state index in [1.54, 1.807) is 12.1 Å². The summed E-state index contributed by atoms with van der Waals surface area (Å²) in [5.41, 5.74) is 0.828. The molecule has 0 saturated carbocycles. The average molecular weight is 302 g/mol. The number of carbonyl (C=O) groups excluding carboxylic acids is 1. The molecule has 0 bridgehead atoms. The Morgan fingerprint density at radius 1 is 1.41 bits per heavy atom. The van der Waals surface area contributed by atoms with Crippen LogP contribution in [0, 0.1) is 0 Å². The Bertz CT molecular complexity index is 405. The summed E-state index contributed by atoms with van der Waals surface area (Å²) < 4.78 is 3.34. The highest BCUT2D eigenvalue weighted by Crippen LogP contribution is 2.13. The van der Waals surface area contributed by atoms with Crippen LogP contribution in [-0.2, 0) is 16.1 Å². The monoisotopic (exact) mass is 301 g/mol. The number of carboxylic acid groups (broad SMARTS) is 1. The highest BCUT2D eigenvalue weighted by atomic mass is 79.9. The van der Waals surface area contributed by atoms with E-state index < -0.39 is 16.5 Å². The zero-order valence-electron chi connectivity index (χ0n) is 9.14. The Balaban J connectivity index is 2.44. The minimum absolute atomic E-state index is 0.0926. The molecule has 1 rings (SSSR count). The Hall–Kier alpha value is -1.56. The molecule has 1 atom stereocenters. The molecule has 6 heteroatoms. The molecule has 0 spiro atoms. The van der Waals surface area contributed by atoms with E-state index in [2.05, 4.69) is 21.2 Å². The van der Waals surface area contributed by atoms with Gasteiger partial charge in [0.1, 0.15) is 6.61 Å². The Labute approximate surface area is 107 Å². The first-order valence-corrected chi connectivity index (χ1v) is 5.62. The first-order chi connectivity index (χ1) is 7.92. The highest BCUT2D eigenvalue weighted by molar-refractivity contribution is 9.10. The lowest BCUT2D eigenvalue weighted by Crippen LogP contribution is -2.47. The maximum absolute atomic E-state index is 11.3. The van der Waals surface area contributed by atoms with Crippen molar-refractivity contribution in [2.75, 3.05) is 0 Å². The molecule has 0 aliphatic rings. The number of rotatable bonds is 4. The highest BCUT2D eigenvalue weighted by Gasteiger charge is 2.32. The van der Waals surface area contributed by atoms with Gasteiger partial charge in [0.15, 0.2) is 4.45 Å². The van der Waals surface area contributed by atoms with Crippen molar-refractivity contribution in [1.29, 1.82) is 0 Å². The normalized spacial score (nSPS) is 13.5. The lowest BCUT2D eigenvalue weighted by atomic mass is 10.2. The second-order valence-corrected chi connectivity index (χ2v) is 5.08. The number of amides is 1. The third-order valence-corrected chi connectivity index (χ3v) is 2.49. The summed E-state index contributed by atoms with van der Waals surface area (Å²) in [4.78, 5) is 22.0. The van der Waals surface area contributed by atoms with E-state index in [4.69, 9.17) is 9.84 Å².